The maximum Gasteiger partial charge on any atom is 0.0949 e. The molecule has 1 unspecified atom stereocenters. The first kappa shape index (κ1) is 15.9. The summed E-state index contributed by atoms with van der Waals surface area (Å²) in [6, 6.07) is 10.4. The molecule has 1 atom stereocenters. The van der Waals surface area contributed by atoms with E-state index in [9.17, 15) is 0 Å². The summed E-state index contributed by atoms with van der Waals surface area (Å²) in [6.07, 6.45) is 4.14. The van der Waals surface area contributed by atoms with Crippen molar-refractivity contribution in [3.8, 4) is 0 Å². The zero-order valence-electron chi connectivity index (χ0n) is 12.3. The number of nitrogens with one attached hydrogen (secondary N) is 1. The van der Waals surface area contributed by atoms with Gasteiger partial charge in [-0.3, -0.25) is 0 Å². The van der Waals surface area contributed by atoms with Crippen LogP contribution < -0.4 is 5.32 Å². The fourth-order valence-corrected chi connectivity index (χ4v) is 1.90. The molecule has 1 rings (SSSR count). The highest BCUT2D eigenvalue weighted by Gasteiger charge is 2.11. The highest BCUT2D eigenvalue weighted by Crippen LogP contribution is 2.16. The van der Waals surface area contributed by atoms with Gasteiger partial charge in [0.25, 0.3) is 0 Å². The lowest BCUT2D eigenvalue weighted by Gasteiger charge is -2.19. The van der Waals surface area contributed by atoms with Crippen LogP contribution in [-0.2, 0) is 4.74 Å². The van der Waals surface area contributed by atoms with Crippen LogP contribution in [-0.4, -0.2) is 19.7 Å². The van der Waals surface area contributed by atoms with Gasteiger partial charge in [-0.05, 0) is 30.9 Å². The minimum Gasteiger partial charge on any atom is -0.372 e. The molecule has 1 N–H and O–H groups in total. The molecule has 0 aliphatic carbocycles. The molecule has 19 heavy (non-hydrogen) atoms. The first-order chi connectivity index (χ1) is 9.24. The van der Waals surface area contributed by atoms with Crippen molar-refractivity contribution in [1.29, 1.82) is 0 Å². The van der Waals surface area contributed by atoms with Gasteiger partial charge < -0.3 is 10.1 Å². The molecule has 2 nitrogen and oxygen atoms in total. The van der Waals surface area contributed by atoms with E-state index in [1.165, 1.54) is 5.56 Å². The van der Waals surface area contributed by atoms with Gasteiger partial charge in [0.05, 0.1) is 6.10 Å². The zero-order chi connectivity index (χ0) is 13.9. The number of unbranched alkanes of at least 4 members (excludes halogenated alkanes) is 1. The van der Waals surface area contributed by atoms with Gasteiger partial charge in [0.2, 0.25) is 0 Å². The van der Waals surface area contributed by atoms with Crippen LogP contribution in [0.3, 0.4) is 0 Å². The fraction of sp³-hybridized carbons (Fsp3) is 0.529. The average Bonchev–Trinajstić information content (AvgIpc) is 2.42. The van der Waals surface area contributed by atoms with Crippen molar-refractivity contribution in [2.24, 2.45) is 5.92 Å². The van der Waals surface area contributed by atoms with Crippen molar-refractivity contribution in [3.05, 3.63) is 48.6 Å². The maximum atomic E-state index is 6.00. The van der Waals surface area contributed by atoms with Crippen molar-refractivity contribution in [3.63, 3.8) is 0 Å². The van der Waals surface area contributed by atoms with E-state index in [1.54, 1.807) is 0 Å². The van der Waals surface area contributed by atoms with Crippen molar-refractivity contribution >= 4 is 0 Å². The third kappa shape index (κ3) is 7.14. The zero-order valence-corrected chi connectivity index (χ0v) is 12.3. The quantitative estimate of drug-likeness (QED) is 0.508. The summed E-state index contributed by atoms with van der Waals surface area (Å²) in [5.74, 6) is 0.664. The molecule has 2 heteroatoms. The molecule has 0 amide bonds. The van der Waals surface area contributed by atoms with E-state index in [0.717, 1.165) is 32.5 Å². The van der Waals surface area contributed by atoms with Crippen LogP contribution in [0.15, 0.2) is 43.0 Å². The molecule has 1 aromatic rings. The molecule has 0 bridgehead atoms. The molecule has 0 spiro atoms. The Morgan fingerprint density at radius 2 is 1.95 bits per heavy atom. The Kier molecular flexibility index (Phi) is 8.19. The van der Waals surface area contributed by atoms with E-state index >= 15 is 0 Å². The largest absolute Gasteiger partial charge is 0.372 e. The van der Waals surface area contributed by atoms with E-state index < -0.39 is 0 Å². The Balaban J connectivity index is 2.45. The first-order valence-corrected chi connectivity index (χ1v) is 7.22. The number of allylic oxidation sites excluding steroid dienone is 1. The van der Waals surface area contributed by atoms with Crippen LogP contribution in [0, 0.1) is 5.92 Å². The first-order valence-electron chi connectivity index (χ1n) is 7.22. The van der Waals surface area contributed by atoms with Crippen molar-refractivity contribution in [2.75, 3.05) is 19.7 Å². The third-order valence-electron chi connectivity index (χ3n) is 2.93. The second kappa shape index (κ2) is 9.76. The summed E-state index contributed by atoms with van der Waals surface area (Å²) in [4.78, 5) is 0. The van der Waals surface area contributed by atoms with Crippen LogP contribution in [0.4, 0.5) is 0 Å². The average molecular weight is 261 g/mol. The normalized spacial score (nSPS) is 12.6. The SMILES string of the molecule is C=CCCCOC(CNCC(C)C)c1ccccc1. The Bertz CT molecular complexity index is 334. The van der Waals surface area contributed by atoms with Gasteiger partial charge in [0.15, 0.2) is 0 Å². The second-order valence-corrected chi connectivity index (χ2v) is 5.25. The van der Waals surface area contributed by atoms with E-state index in [-0.39, 0.29) is 6.10 Å². The van der Waals surface area contributed by atoms with Crippen LogP contribution >= 0.6 is 0 Å². The van der Waals surface area contributed by atoms with Crippen LogP contribution in [0.5, 0.6) is 0 Å². The van der Waals surface area contributed by atoms with Gasteiger partial charge in [0, 0.05) is 13.2 Å². The van der Waals surface area contributed by atoms with Crippen LogP contribution in [0.1, 0.15) is 38.4 Å². The van der Waals surface area contributed by atoms with E-state index in [4.69, 9.17) is 4.74 Å². The Labute approximate surface area is 117 Å². The molecule has 0 aromatic heterocycles. The predicted octanol–water partition coefficient (Wildman–Crippen LogP) is 3.96. The summed E-state index contributed by atoms with van der Waals surface area (Å²) in [7, 11) is 0. The van der Waals surface area contributed by atoms with Crippen LogP contribution in [0.2, 0.25) is 0 Å². The van der Waals surface area contributed by atoms with Crippen molar-refractivity contribution in [1.82, 2.24) is 5.32 Å². The van der Waals surface area contributed by atoms with Crippen molar-refractivity contribution < 1.29 is 4.74 Å². The number of hydrogen-bond donors (Lipinski definition) is 1. The predicted molar refractivity (Wildman–Crippen MR) is 82.3 cm³/mol. The highest BCUT2D eigenvalue weighted by atomic mass is 16.5. The molecule has 0 fully saturated rings. The summed E-state index contributed by atoms with van der Waals surface area (Å²) >= 11 is 0. The molecular formula is C17H27NO. The summed E-state index contributed by atoms with van der Waals surface area (Å²) in [5, 5.41) is 3.48. The molecule has 0 heterocycles. The smallest absolute Gasteiger partial charge is 0.0949 e. The van der Waals surface area contributed by atoms with Gasteiger partial charge in [0.1, 0.15) is 0 Å². The van der Waals surface area contributed by atoms with Gasteiger partial charge in [-0.2, -0.15) is 0 Å². The van der Waals surface area contributed by atoms with E-state index in [0.29, 0.717) is 5.92 Å². The molecule has 0 saturated heterocycles. The van der Waals surface area contributed by atoms with E-state index in [1.807, 2.05) is 12.1 Å². The maximum absolute atomic E-state index is 6.00. The third-order valence-corrected chi connectivity index (χ3v) is 2.93. The molecule has 0 aliphatic rings. The fourth-order valence-electron chi connectivity index (χ4n) is 1.90. The van der Waals surface area contributed by atoms with Crippen molar-refractivity contribution in [2.45, 2.75) is 32.8 Å². The topological polar surface area (TPSA) is 21.3 Å². The second-order valence-electron chi connectivity index (χ2n) is 5.25. The molecule has 1 aromatic carbocycles. The Hall–Kier alpha value is -1.12. The van der Waals surface area contributed by atoms with Crippen LogP contribution in [0.25, 0.3) is 0 Å². The molecule has 106 valence electrons. The summed E-state index contributed by atoms with van der Waals surface area (Å²) in [5.41, 5.74) is 1.25. The lowest BCUT2D eigenvalue weighted by molar-refractivity contribution is 0.0510. The number of hydrogen-bond acceptors (Lipinski definition) is 2. The minimum absolute atomic E-state index is 0.143. The number of benzene rings is 1. The van der Waals surface area contributed by atoms with Gasteiger partial charge in [-0.15, -0.1) is 6.58 Å². The molecule has 0 radical (unpaired) electrons. The Morgan fingerprint density at radius 1 is 1.21 bits per heavy atom. The molecular weight excluding hydrogens is 234 g/mol. The Morgan fingerprint density at radius 3 is 2.58 bits per heavy atom. The van der Waals surface area contributed by atoms with Gasteiger partial charge in [-0.1, -0.05) is 50.3 Å². The van der Waals surface area contributed by atoms with Gasteiger partial charge in [-0.25, -0.2) is 0 Å². The number of ether oxygens (including phenoxy) is 1. The summed E-state index contributed by atoms with van der Waals surface area (Å²) in [6.45, 7) is 10.9. The molecule has 0 saturated carbocycles. The standard InChI is InChI=1S/C17H27NO/c1-4-5-9-12-19-17(14-18-13-15(2)3)16-10-7-6-8-11-16/h4,6-8,10-11,15,17-18H,1,5,9,12-14H2,2-3H3. The van der Waals surface area contributed by atoms with Gasteiger partial charge >= 0.3 is 0 Å². The molecule has 0 aliphatic heterocycles. The monoisotopic (exact) mass is 261 g/mol. The summed E-state index contributed by atoms with van der Waals surface area (Å²) < 4.78 is 6.00. The highest BCUT2D eigenvalue weighted by molar-refractivity contribution is 5.17. The minimum atomic E-state index is 0.143. The lowest BCUT2D eigenvalue weighted by Crippen LogP contribution is -2.27. The number of rotatable bonds is 10. The van der Waals surface area contributed by atoms with E-state index in [2.05, 4.69) is 50.0 Å². The lowest BCUT2D eigenvalue weighted by atomic mass is 10.1.